The van der Waals surface area contributed by atoms with E-state index in [1.807, 2.05) is 0 Å². The number of hydrogen-bond acceptors (Lipinski definition) is 4. The average molecular weight is 325 g/mol. The Bertz CT molecular complexity index is 799. The molecule has 0 aliphatic carbocycles. The van der Waals surface area contributed by atoms with Crippen molar-refractivity contribution in [2.45, 2.75) is 13.5 Å². The largest absolute Gasteiger partial charge is 0.305 e. The zero-order chi connectivity index (χ0) is 16.3. The second-order valence-electron chi connectivity index (χ2n) is 5.03. The van der Waals surface area contributed by atoms with Crippen LogP contribution in [0.25, 0.3) is 0 Å². The number of aryl methyl sites for hydroxylation is 2. The Morgan fingerprint density at radius 3 is 2.77 bits per heavy atom. The zero-order valence-electron chi connectivity index (χ0n) is 12.2. The highest BCUT2D eigenvalue weighted by molar-refractivity contribution is 7.90. The number of rotatable bonds is 5. The van der Waals surface area contributed by atoms with E-state index in [4.69, 9.17) is 0 Å². The molecule has 0 saturated heterocycles. The molecule has 6 nitrogen and oxygen atoms in total. The van der Waals surface area contributed by atoms with Crippen LogP contribution in [0.4, 0.5) is 10.2 Å². The summed E-state index contributed by atoms with van der Waals surface area (Å²) < 4.78 is 37.2. The van der Waals surface area contributed by atoms with Crippen molar-refractivity contribution in [3.05, 3.63) is 47.4 Å². The van der Waals surface area contributed by atoms with E-state index in [2.05, 4.69) is 10.4 Å². The van der Waals surface area contributed by atoms with Crippen molar-refractivity contribution in [3.8, 4) is 0 Å². The summed E-state index contributed by atoms with van der Waals surface area (Å²) in [5, 5.41) is 6.51. The highest BCUT2D eigenvalue weighted by Crippen LogP contribution is 2.12. The lowest BCUT2D eigenvalue weighted by molar-refractivity contribution is 0.102. The van der Waals surface area contributed by atoms with Gasteiger partial charge in [-0.2, -0.15) is 5.10 Å². The Labute approximate surface area is 127 Å². The van der Waals surface area contributed by atoms with Crippen LogP contribution in [0.1, 0.15) is 15.9 Å². The minimum Gasteiger partial charge on any atom is -0.305 e. The fourth-order valence-electron chi connectivity index (χ4n) is 1.81. The van der Waals surface area contributed by atoms with E-state index in [1.54, 1.807) is 19.2 Å². The number of aromatic nitrogens is 2. The number of sulfone groups is 1. The van der Waals surface area contributed by atoms with Crippen molar-refractivity contribution in [1.82, 2.24) is 9.78 Å². The van der Waals surface area contributed by atoms with Gasteiger partial charge in [0.1, 0.15) is 15.7 Å². The van der Waals surface area contributed by atoms with Crippen molar-refractivity contribution < 1.29 is 17.6 Å². The number of benzene rings is 1. The van der Waals surface area contributed by atoms with Crippen LogP contribution in [0.3, 0.4) is 0 Å². The van der Waals surface area contributed by atoms with E-state index >= 15 is 0 Å². The van der Waals surface area contributed by atoms with E-state index in [9.17, 15) is 17.6 Å². The van der Waals surface area contributed by atoms with Crippen LogP contribution >= 0.6 is 0 Å². The standard InChI is InChI=1S/C14H16FN3O3S/c1-10-3-4-12(15)11(9-10)14(19)16-13-5-6-18(17-13)7-8-22(2,20)21/h3-6,9H,7-8H2,1-2H3,(H,16,17,19). The van der Waals surface area contributed by atoms with Gasteiger partial charge in [0.05, 0.1) is 17.9 Å². The molecule has 22 heavy (non-hydrogen) atoms. The normalized spacial score (nSPS) is 11.4. The topological polar surface area (TPSA) is 81.1 Å². The first-order valence-corrected chi connectivity index (χ1v) is 8.59. The highest BCUT2D eigenvalue weighted by Gasteiger charge is 2.13. The number of anilines is 1. The number of halogens is 1. The second kappa shape index (κ2) is 6.27. The highest BCUT2D eigenvalue weighted by atomic mass is 32.2. The summed E-state index contributed by atoms with van der Waals surface area (Å²) in [5.41, 5.74) is 0.705. The van der Waals surface area contributed by atoms with Crippen LogP contribution < -0.4 is 5.32 Å². The first kappa shape index (κ1) is 16.2. The molecule has 0 aliphatic heterocycles. The number of nitrogens with zero attached hydrogens (tertiary/aromatic N) is 2. The summed E-state index contributed by atoms with van der Waals surface area (Å²) in [6, 6.07) is 5.78. The Morgan fingerprint density at radius 2 is 2.09 bits per heavy atom. The van der Waals surface area contributed by atoms with E-state index in [0.717, 1.165) is 11.8 Å². The van der Waals surface area contributed by atoms with Gasteiger partial charge in [-0.25, -0.2) is 12.8 Å². The number of carbonyl (C=O) groups is 1. The molecule has 1 heterocycles. The van der Waals surface area contributed by atoms with Crippen LogP contribution in [-0.2, 0) is 16.4 Å². The fraction of sp³-hybridized carbons (Fsp3) is 0.286. The van der Waals surface area contributed by atoms with Gasteiger partial charge in [-0.15, -0.1) is 0 Å². The Morgan fingerprint density at radius 1 is 1.36 bits per heavy atom. The van der Waals surface area contributed by atoms with Crippen molar-refractivity contribution in [2.24, 2.45) is 0 Å². The van der Waals surface area contributed by atoms with E-state index < -0.39 is 21.6 Å². The Hall–Kier alpha value is -2.22. The summed E-state index contributed by atoms with van der Waals surface area (Å²) in [4.78, 5) is 12.0. The van der Waals surface area contributed by atoms with Crippen LogP contribution in [0.2, 0.25) is 0 Å². The number of nitrogens with one attached hydrogen (secondary N) is 1. The summed E-state index contributed by atoms with van der Waals surface area (Å²) in [6.07, 6.45) is 2.69. The maximum Gasteiger partial charge on any atom is 0.259 e. The van der Waals surface area contributed by atoms with Crippen molar-refractivity contribution in [2.75, 3.05) is 17.3 Å². The third-order valence-corrected chi connectivity index (χ3v) is 3.86. The summed E-state index contributed by atoms with van der Waals surface area (Å²) in [7, 11) is -3.09. The summed E-state index contributed by atoms with van der Waals surface area (Å²) in [6.45, 7) is 1.95. The van der Waals surface area contributed by atoms with Crippen LogP contribution in [0.5, 0.6) is 0 Å². The van der Waals surface area contributed by atoms with Gasteiger partial charge in [-0.3, -0.25) is 9.48 Å². The molecular weight excluding hydrogens is 309 g/mol. The van der Waals surface area contributed by atoms with Crippen molar-refractivity contribution >= 4 is 21.6 Å². The van der Waals surface area contributed by atoms with Gasteiger partial charge in [-0.05, 0) is 19.1 Å². The molecule has 0 bridgehead atoms. The van der Waals surface area contributed by atoms with Crippen LogP contribution in [0, 0.1) is 12.7 Å². The lowest BCUT2D eigenvalue weighted by Gasteiger charge is -2.05. The summed E-state index contributed by atoms with van der Waals surface area (Å²) in [5.74, 6) is -1.03. The molecule has 0 aliphatic rings. The molecular formula is C14H16FN3O3S. The fourth-order valence-corrected chi connectivity index (χ4v) is 2.33. The number of hydrogen-bond donors (Lipinski definition) is 1. The van der Waals surface area contributed by atoms with Gasteiger partial charge in [0.2, 0.25) is 0 Å². The molecule has 0 unspecified atom stereocenters. The SMILES string of the molecule is Cc1ccc(F)c(C(=O)Nc2ccn(CCS(C)(=O)=O)n2)c1. The minimum atomic E-state index is -3.09. The average Bonchev–Trinajstić information content (AvgIpc) is 2.86. The first-order chi connectivity index (χ1) is 10.2. The van der Waals surface area contributed by atoms with Gasteiger partial charge in [0, 0.05) is 18.5 Å². The predicted octanol–water partition coefficient (Wildman–Crippen LogP) is 1.63. The monoisotopic (exact) mass is 325 g/mol. The molecule has 1 N–H and O–H groups in total. The van der Waals surface area contributed by atoms with E-state index in [-0.39, 0.29) is 23.7 Å². The summed E-state index contributed by atoms with van der Waals surface area (Å²) >= 11 is 0. The Balaban J connectivity index is 2.06. The first-order valence-electron chi connectivity index (χ1n) is 6.53. The number of amides is 1. The van der Waals surface area contributed by atoms with Crippen LogP contribution in [-0.4, -0.2) is 36.1 Å². The maximum absolute atomic E-state index is 13.6. The molecule has 8 heteroatoms. The lowest BCUT2D eigenvalue weighted by atomic mass is 10.1. The predicted molar refractivity (Wildman–Crippen MR) is 81.0 cm³/mol. The minimum absolute atomic E-state index is 0.0470. The smallest absolute Gasteiger partial charge is 0.259 e. The van der Waals surface area contributed by atoms with Gasteiger partial charge >= 0.3 is 0 Å². The van der Waals surface area contributed by atoms with E-state index in [1.165, 1.54) is 22.9 Å². The Kier molecular flexibility index (Phi) is 4.60. The van der Waals surface area contributed by atoms with Gasteiger partial charge in [-0.1, -0.05) is 11.6 Å². The molecule has 1 aromatic heterocycles. The molecule has 0 radical (unpaired) electrons. The molecule has 118 valence electrons. The third kappa shape index (κ3) is 4.39. The van der Waals surface area contributed by atoms with Crippen molar-refractivity contribution in [1.29, 1.82) is 0 Å². The van der Waals surface area contributed by atoms with Gasteiger partial charge in [0.15, 0.2) is 5.82 Å². The molecule has 2 rings (SSSR count). The van der Waals surface area contributed by atoms with E-state index in [0.29, 0.717) is 0 Å². The van der Waals surface area contributed by atoms with Crippen molar-refractivity contribution in [3.63, 3.8) is 0 Å². The third-order valence-electron chi connectivity index (χ3n) is 2.94. The maximum atomic E-state index is 13.6. The number of carbonyl (C=O) groups excluding carboxylic acids is 1. The van der Waals surface area contributed by atoms with Crippen LogP contribution in [0.15, 0.2) is 30.5 Å². The zero-order valence-corrected chi connectivity index (χ0v) is 13.0. The molecule has 2 aromatic rings. The molecule has 0 fully saturated rings. The van der Waals surface area contributed by atoms with Gasteiger partial charge < -0.3 is 5.32 Å². The molecule has 0 saturated carbocycles. The molecule has 0 spiro atoms. The lowest BCUT2D eigenvalue weighted by Crippen LogP contribution is -2.15. The molecule has 1 amide bonds. The molecule has 1 aromatic carbocycles. The van der Waals surface area contributed by atoms with Gasteiger partial charge in [0.25, 0.3) is 5.91 Å². The second-order valence-corrected chi connectivity index (χ2v) is 7.29. The molecule has 0 atom stereocenters. The quantitative estimate of drug-likeness (QED) is 0.906.